The van der Waals surface area contributed by atoms with Crippen molar-refractivity contribution in [2.45, 2.75) is 77.7 Å². The number of nitrogens with zero attached hydrogens (tertiary/aromatic N) is 1. The maximum atomic E-state index is 13.0. The molecule has 4 aliphatic carbocycles. The molecule has 5 rings (SSSR count). The number of fused-ring (bicyclic) bond motifs is 5. The molecule has 0 spiro atoms. The Hall–Kier alpha value is -1.43. The van der Waals surface area contributed by atoms with Crippen LogP contribution in [0.15, 0.2) is 5.16 Å². The molecule has 5 fully saturated rings. The molecule has 172 valence electrons. The summed E-state index contributed by atoms with van der Waals surface area (Å²) in [6.45, 7) is 6.52. The van der Waals surface area contributed by atoms with Gasteiger partial charge in [-0.2, -0.15) is 0 Å². The van der Waals surface area contributed by atoms with Gasteiger partial charge in [0.2, 0.25) is 0 Å². The van der Waals surface area contributed by atoms with E-state index in [1.54, 1.807) is 0 Å². The van der Waals surface area contributed by atoms with E-state index in [2.05, 4.69) is 24.3 Å². The summed E-state index contributed by atoms with van der Waals surface area (Å²) in [4.78, 5) is 31.6. The van der Waals surface area contributed by atoms with Gasteiger partial charge in [0, 0.05) is 24.8 Å². The molecule has 31 heavy (non-hydrogen) atoms. The molecule has 0 aromatic heterocycles. The van der Waals surface area contributed by atoms with Gasteiger partial charge in [0.1, 0.15) is 11.9 Å². The predicted octanol–water partition coefficient (Wildman–Crippen LogP) is 3.73. The van der Waals surface area contributed by atoms with Crippen LogP contribution in [-0.4, -0.2) is 43.8 Å². The molecule has 1 aliphatic heterocycles. The molecule has 0 radical (unpaired) electrons. The fourth-order valence-electron chi connectivity index (χ4n) is 8.19. The van der Waals surface area contributed by atoms with Gasteiger partial charge in [0.25, 0.3) is 0 Å². The second kappa shape index (κ2) is 7.86. The van der Waals surface area contributed by atoms with Crippen LogP contribution in [0.1, 0.15) is 71.6 Å². The number of carbonyl (C=O) groups is 2. The highest BCUT2D eigenvalue weighted by molar-refractivity contribution is 5.88. The Morgan fingerprint density at radius 1 is 1.13 bits per heavy atom. The Morgan fingerprint density at radius 2 is 1.97 bits per heavy atom. The van der Waals surface area contributed by atoms with E-state index in [0.29, 0.717) is 30.0 Å². The molecule has 8 atom stereocenters. The lowest BCUT2D eigenvalue weighted by Gasteiger charge is -2.61. The number of methoxy groups -OCH3 is 1. The summed E-state index contributed by atoms with van der Waals surface area (Å²) in [5.41, 5.74) is 1.13. The normalized spacial score (nSPS) is 48.1. The first-order valence-electron chi connectivity index (χ1n) is 12.4. The van der Waals surface area contributed by atoms with Crippen LogP contribution < -0.4 is 5.32 Å². The third kappa shape index (κ3) is 3.35. The fourth-order valence-corrected chi connectivity index (χ4v) is 8.19. The van der Waals surface area contributed by atoms with E-state index in [1.165, 1.54) is 7.11 Å². The molecule has 5 aliphatic rings. The summed E-state index contributed by atoms with van der Waals surface area (Å²) in [6.07, 6.45) is 8.75. The molecule has 6 nitrogen and oxygen atoms in total. The zero-order valence-electron chi connectivity index (χ0n) is 19.3. The van der Waals surface area contributed by atoms with Crippen molar-refractivity contribution in [1.29, 1.82) is 0 Å². The maximum absolute atomic E-state index is 13.0. The number of oxime groups is 1. The molecule has 0 aromatic rings. The highest BCUT2D eigenvalue weighted by Crippen LogP contribution is 2.66. The number of rotatable bonds is 3. The van der Waals surface area contributed by atoms with Gasteiger partial charge in [-0.25, -0.2) is 0 Å². The van der Waals surface area contributed by atoms with E-state index >= 15 is 0 Å². The van der Waals surface area contributed by atoms with Crippen molar-refractivity contribution >= 4 is 17.5 Å². The van der Waals surface area contributed by atoms with Crippen LogP contribution in [0.2, 0.25) is 0 Å². The topological polar surface area (TPSA) is 77.0 Å². The van der Waals surface area contributed by atoms with E-state index < -0.39 is 0 Å². The average molecular weight is 431 g/mol. The van der Waals surface area contributed by atoms with Crippen molar-refractivity contribution in [3.8, 4) is 0 Å². The number of ether oxygens (including phenoxy) is 1. The minimum Gasteiger partial charge on any atom is -0.469 e. The Morgan fingerprint density at radius 3 is 2.71 bits per heavy atom. The molecule has 1 unspecified atom stereocenters. The maximum Gasteiger partial charge on any atom is 0.308 e. The monoisotopic (exact) mass is 430 g/mol. The predicted molar refractivity (Wildman–Crippen MR) is 117 cm³/mol. The van der Waals surface area contributed by atoms with Gasteiger partial charge in [-0.3, -0.25) is 9.59 Å². The summed E-state index contributed by atoms with van der Waals surface area (Å²) in [7, 11) is 1.52. The number of hydrogen-bond acceptors (Lipinski definition) is 6. The molecule has 0 amide bonds. The first kappa shape index (κ1) is 21.4. The third-order valence-corrected chi connectivity index (χ3v) is 10.1. The second-order valence-corrected chi connectivity index (χ2v) is 11.4. The lowest BCUT2D eigenvalue weighted by Crippen LogP contribution is -2.58. The Bertz CT molecular complexity index is 775. The van der Waals surface area contributed by atoms with E-state index in [9.17, 15) is 9.59 Å². The Kier molecular flexibility index (Phi) is 5.43. The summed E-state index contributed by atoms with van der Waals surface area (Å²) in [5, 5.41) is 7.89. The van der Waals surface area contributed by atoms with Gasteiger partial charge in [-0.05, 0) is 80.6 Å². The minimum absolute atomic E-state index is 0.0713. The van der Waals surface area contributed by atoms with Crippen molar-refractivity contribution in [3.63, 3.8) is 0 Å². The van der Waals surface area contributed by atoms with Crippen LogP contribution in [0.5, 0.6) is 0 Å². The Balaban J connectivity index is 1.41. The van der Waals surface area contributed by atoms with Gasteiger partial charge in [-0.15, -0.1) is 0 Å². The van der Waals surface area contributed by atoms with Crippen LogP contribution in [0.25, 0.3) is 0 Å². The molecule has 6 heteroatoms. The first-order valence-corrected chi connectivity index (χ1v) is 12.4. The van der Waals surface area contributed by atoms with Crippen molar-refractivity contribution in [1.82, 2.24) is 5.32 Å². The highest BCUT2D eigenvalue weighted by Gasteiger charge is 2.63. The first-order chi connectivity index (χ1) is 14.9. The van der Waals surface area contributed by atoms with Gasteiger partial charge < -0.3 is 14.9 Å². The molecule has 0 bridgehead atoms. The molecule has 4 saturated carbocycles. The van der Waals surface area contributed by atoms with Gasteiger partial charge in [-0.1, -0.05) is 19.0 Å². The standard InChI is InChI=1S/C25H38N2O4/c1-24-9-6-16(27-31-17-8-11-26-14-17)12-15(24)13-18(23(29)30-3)22-19-4-5-21(28)25(19,2)10-7-20(22)24/h15,17-20,22,26H,4-14H2,1-3H3/t15?,17-,18-,19+,20+,22+,24+,25+/m1/s1. The van der Waals surface area contributed by atoms with Crippen LogP contribution in [-0.2, 0) is 19.2 Å². The lowest BCUT2D eigenvalue weighted by atomic mass is 9.43. The smallest absolute Gasteiger partial charge is 0.308 e. The zero-order valence-corrected chi connectivity index (χ0v) is 19.3. The molecular formula is C25H38N2O4. The van der Waals surface area contributed by atoms with Gasteiger partial charge >= 0.3 is 5.97 Å². The summed E-state index contributed by atoms with van der Waals surface area (Å²) >= 11 is 0. The molecule has 0 aromatic carbocycles. The number of esters is 1. The van der Waals surface area contributed by atoms with Crippen molar-refractivity contribution in [3.05, 3.63) is 0 Å². The number of Topliss-reactive ketones (excluding diaryl/α,β-unsaturated/α-hetero) is 1. The SMILES string of the molecule is COC(=O)[C@@H]1CC2CC(=NO[C@@H]3CCNC3)CC[C@]2(C)[C@H]2CC[C@]3(C)C(=O)CC[C@H]3[C@H]12. The lowest BCUT2D eigenvalue weighted by molar-refractivity contribution is -0.171. The third-order valence-electron chi connectivity index (χ3n) is 10.1. The van der Waals surface area contributed by atoms with Gasteiger partial charge in [0.05, 0.1) is 18.7 Å². The summed E-state index contributed by atoms with van der Waals surface area (Å²) in [5.74, 6) is 1.77. The van der Waals surface area contributed by atoms with Crippen LogP contribution >= 0.6 is 0 Å². The summed E-state index contributed by atoms with van der Waals surface area (Å²) in [6, 6.07) is 0. The second-order valence-electron chi connectivity index (χ2n) is 11.4. The molecule has 1 heterocycles. The summed E-state index contributed by atoms with van der Waals surface area (Å²) < 4.78 is 5.32. The van der Waals surface area contributed by atoms with Crippen molar-refractivity contribution in [2.24, 2.45) is 45.6 Å². The molecular weight excluding hydrogens is 392 g/mol. The largest absolute Gasteiger partial charge is 0.469 e. The minimum atomic E-state index is -0.235. The van der Waals surface area contributed by atoms with E-state index in [1.807, 2.05) is 0 Å². The number of hydrogen-bond donors (Lipinski definition) is 1. The van der Waals surface area contributed by atoms with E-state index in [-0.39, 0.29) is 34.7 Å². The number of nitrogens with one attached hydrogen (secondary N) is 1. The van der Waals surface area contributed by atoms with E-state index in [4.69, 9.17) is 9.57 Å². The fraction of sp³-hybridized carbons (Fsp3) is 0.880. The quantitative estimate of drug-likeness (QED) is 0.545. The zero-order chi connectivity index (χ0) is 21.8. The molecule has 1 N–H and O–H groups in total. The van der Waals surface area contributed by atoms with Crippen molar-refractivity contribution in [2.75, 3.05) is 20.2 Å². The number of carbonyl (C=O) groups excluding carboxylic acids is 2. The van der Waals surface area contributed by atoms with Gasteiger partial charge in [0.15, 0.2) is 0 Å². The van der Waals surface area contributed by atoms with Crippen LogP contribution in [0.3, 0.4) is 0 Å². The number of ketones is 1. The average Bonchev–Trinajstić information content (AvgIpc) is 3.39. The molecule has 1 saturated heterocycles. The van der Waals surface area contributed by atoms with Crippen LogP contribution in [0, 0.1) is 40.4 Å². The van der Waals surface area contributed by atoms with Crippen molar-refractivity contribution < 1.29 is 19.2 Å². The van der Waals surface area contributed by atoms with E-state index in [0.717, 1.165) is 70.2 Å². The van der Waals surface area contributed by atoms with Crippen LogP contribution in [0.4, 0.5) is 0 Å². The Labute approximate surface area is 185 Å². The highest BCUT2D eigenvalue weighted by atomic mass is 16.6.